The Bertz CT molecular complexity index is 679. The van der Waals surface area contributed by atoms with Gasteiger partial charge in [0, 0.05) is 11.6 Å². The van der Waals surface area contributed by atoms with E-state index < -0.39 is 18.7 Å². The summed E-state index contributed by atoms with van der Waals surface area (Å²) in [6.07, 6.45) is 0.229. The van der Waals surface area contributed by atoms with Crippen molar-refractivity contribution >= 4 is 11.9 Å². The minimum absolute atomic E-state index is 0.0216. The van der Waals surface area contributed by atoms with Gasteiger partial charge in [-0.2, -0.15) is 4.98 Å². The van der Waals surface area contributed by atoms with Gasteiger partial charge in [-0.3, -0.25) is 4.79 Å². The SMILES string of the molecule is Nc1nc(OCCF)cc(-c2ccc(C[C@H](N)C(=O)O)cc2)n1. The van der Waals surface area contributed by atoms with Crippen LogP contribution in [0.1, 0.15) is 5.56 Å². The van der Waals surface area contributed by atoms with Crippen LogP contribution < -0.4 is 16.2 Å². The number of anilines is 1. The van der Waals surface area contributed by atoms with Crippen molar-refractivity contribution in [2.75, 3.05) is 19.0 Å². The third kappa shape index (κ3) is 4.62. The molecule has 0 amide bonds. The largest absolute Gasteiger partial charge is 0.480 e. The first-order valence-corrected chi connectivity index (χ1v) is 6.90. The number of hydrogen-bond acceptors (Lipinski definition) is 6. The van der Waals surface area contributed by atoms with Crippen molar-refractivity contribution in [2.45, 2.75) is 12.5 Å². The molecule has 0 saturated carbocycles. The molecule has 7 nitrogen and oxygen atoms in total. The highest BCUT2D eigenvalue weighted by Gasteiger charge is 2.12. The predicted molar refractivity (Wildman–Crippen MR) is 82.7 cm³/mol. The lowest BCUT2D eigenvalue weighted by Gasteiger charge is -2.09. The van der Waals surface area contributed by atoms with Crippen molar-refractivity contribution in [1.82, 2.24) is 9.97 Å². The molecule has 1 heterocycles. The van der Waals surface area contributed by atoms with Gasteiger partial charge in [0.1, 0.15) is 19.3 Å². The summed E-state index contributed by atoms with van der Waals surface area (Å²) in [7, 11) is 0. The molecule has 1 atom stereocenters. The summed E-state index contributed by atoms with van der Waals surface area (Å²) in [5.74, 6) is -0.831. The van der Waals surface area contributed by atoms with Gasteiger partial charge in [0.2, 0.25) is 11.8 Å². The first-order valence-electron chi connectivity index (χ1n) is 6.90. The summed E-state index contributed by atoms with van der Waals surface area (Å²) in [5, 5.41) is 8.81. The normalized spacial score (nSPS) is 11.9. The number of rotatable bonds is 7. The molecule has 0 aliphatic heterocycles. The molecule has 8 heteroatoms. The van der Waals surface area contributed by atoms with Crippen molar-refractivity contribution in [1.29, 1.82) is 0 Å². The number of carboxylic acids is 1. The van der Waals surface area contributed by atoms with E-state index in [-0.39, 0.29) is 24.9 Å². The smallest absolute Gasteiger partial charge is 0.320 e. The van der Waals surface area contributed by atoms with Crippen LogP contribution in [0.15, 0.2) is 30.3 Å². The molecule has 122 valence electrons. The molecule has 0 aliphatic carbocycles. The maximum atomic E-state index is 12.2. The van der Waals surface area contributed by atoms with Crippen molar-refractivity contribution in [3.8, 4) is 17.1 Å². The Morgan fingerprint density at radius 1 is 1.30 bits per heavy atom. The second-order valence-corrected chi connectivity index (χ2v) is 4.83. The summed E-state index contributed by atoms with van der Waals surface area (Å²) in [6.45, 7) is -0.736. The molecule has 2 aromatic rings. The first-order chi connectivity index (χ1) is 11.0. The van der Waals surface area contributed by atoms with Gasteiger partial charge in [0.05, 0.1) is 5.69 Å². The monoisotopic (exact) mass is 320 g/mol. The Hall–Kier alpha value is -2.74. The molecular weight excluding hydrogens is 303 g/mol. The summed E-state index contributed by atoms with van der Waals surface area (Å²) < 4.78 is 17.3. The number of hydrogen-bond donors (Lipinski definition) is 3. The van der Waals surface area contributed by atoms with E-state index in [4.69, 9.17) is 21.3 Å². The molecule has 23 heavy (non-hydrogen) atoms. The Kier molecular flexibility index (Phi) is 5.42. The van der Waals surface area contributed by atoms with Gasteiger partial charge in [-0.25, -0.2) is 9.37 Å². The summed E-state index contributed by atoms with van der Waals surface area (Å²) in [5.41, 5.74) is 13.2. The van der Waals surface area contributed by atoms with Crippen LogP contribution in [0.3, 0.4) is 0 Å². The number of nitrogens with two attached hydrogens (primary N) is 2. The zero-order chi connectivity index (χ0) is 16.8. The van der Waals surface area contributed by atoms with Crippen LogP contribution in [0, 0.1) is 0 Å². The molecule has 0 bridgehead atoms. The molecule has 2 rings (SSSR count). The lowest BCUT2D eigenvalue weighted by atomic mass is 10.0. The highest BCUT2D eigenvalue weighted by molar-refractivity contribution is 5.73. The van der Waals surface area contributed by atoms with Crippen molar-refractivity contribution in [3.63, 3.8) is 0 Å². The third-order valence-electron chi connectivity index (χ3n) is 3.07. The number of ether oxygens (including phenoxy) is 1. The number of nitrogen functional groups attached to an aromatic ring is 1. The molecule has 5 N–H and O–H groups in total. The Morgan fingerprint density at radius 2 is 2.00 bits per heavy atom. The third-order valence-corrected chi connectivity index (χ3v) is 3.07. The highest BCUT2D eigenvalue weighted by atomic mass is 19.1. The summed E-state index contributed by atoms with van der Waals surface area (Å²) in [6, 6.07) is 7.67. The summed E-state index contributed by atoms with van der Waals surface area (Å²) >= 11 is 0. The molecule has 0 aliphatic rings. The minimum atomic E-state index is -1.05. The average molecular weight is 320 g/mol. The minimum Gasteiger partial charge on any atom is -0.480 e. The van der Waals surface area contributed by atoms with E-state index in [1.807, 2.05) is 0 Å². The Balaban J connectivity index is 2.18. The van der Waals surface area contributed by atoms with Crippen LogP contribution in [-0.2, 0) is 11.2 Å². The predicted octanol–water partition coefficient (Wildman–Crippen LogP) is 1.03. The van der Waals surface area contributed by atoms with Crippen molar-refractivity contribution < 1.29 is 19.0 Å². The maximum Gasteiger partial charge on any atom is 0.320 e. The second kappa shape index (κ2) is 7.50. The van der Waals surface area contributed by atoms with Gasteiger partial charge < -0.3 is 21.3 Å². The van der Waals surface area contributed by atoms with Gasteiger partial charge >= 0.3 is 5.97 Å². The number of carbonyl (C=O) groups is 1. The number of aromatic nitrogens is 2. The zero-order valence-corrected chi connectivity index (χ0v) is 12.3. The standard InChI is InChI=1S/C15H17FN4O3/c16-5-6-23-13-8-12(19-15(18)20-13)10-3-1-9(2-4-10)7-11(17)14(21)22/h1-4,8,11H,5-7,17H2,(H,21,22)(H2,18,19,20)/t11-/m0/s1. The number of alkyl halides is 1. The number of carboxylic acid groups (broad SMARTS) is 1. The second-order valence-electron chi connectivity index (χ2n) is 4.83. The molecule has 1 aromatic heterocycles. The zero-order valence-electron chi connectivity index (χ0n) is 12.3. The fourth-order valence-electron chi connectivity index (χ4n) is 1.96. The van der Waals surface area contributed by atoms with E-state index in [1.165, 1.54) is 0 Å². The van der Waals surface area contributed by atoms with Gasteiger partial charge in [-0.1, -0.05) is 24.3 Å². The van der Waals surface area contributed by atoms with Gasteiger partial charge in [-0.15, -0.1) is 0 Å². The number of aliphatic carboxylic acids is 1. The first kappa shape index (κ1) is 16.6. The highest BCUT2D eigenvalue weighted by Crippen LogP contribution is 2.22. The molecular formula is C15H17FN4O3. The number of nitrogens with zero attached hydrogens (tertiary/aromatic N) is 2. The molecule has 0 fully saturated rings. The van der Waals surface area contributed by atoms with Crippen LogP contribution in [-0.4, -0.2) is 40.4 Å². The Labute approximate surface area is 132 Å². The average Bonchev–Trinajstić information content (AvgIpc) is 2.53. The van der Waals surface area contributed by atoms with Gasteiger partial charge in [0.25, 0.3) is 0 Å². The van der Waals surface area contributed by atoms with Crippen molar-refractivity contribution in [3.05, 3.63) is 35.9 Å². The van der Waals surface area contributed by atoms with Gasteiger partial charge in [-0.05, 0) is 12.0 Å². The van der Waals surface area contributed by atoms with E-state index >= 15 is 0 Å². The maximum absolute atomic E-state index is 12.2. The van der Waals surface area contributed by atoms with Crippen LogP contribution >= 0.6 is 0 Å². The van der Waals surface area contributed by atoms with Crippen LogP contribution in [0.25, 0.3) is 11.3 Å². The van der Waals surface area contributed by atoms with E-state index in [0.29, 0.717) is 5.69 Å². The molecule has 0 spiro atoms. The number of benzene rings is 1. The van der Waals surface area contributed by atoms with E-state index in [1.54, 1.807) is 30.3 Å². The molecule has 0 unspecified atom stereocenters. The van der Waals surface area contributed by atoms with E-state index in [0.717, 1.165) is 11.1 Å². The quantitative estimate of drug-likeness (QED) is 0.695. The van der Waals surface area contributed by atoms with E-state index in [2.05, 4.69) is 9.97 Å². The summed E-state index contributed by atoms with van der Waals surface area (Å²) in [4.78, 5) is 18.7. The van der Waals surface area contributed by atoms with Crippen LogP contribution in [0.4, 0.5) is 10.3 Å². The Morgan fingerprint density at radius 3 is 2.61 bits per heavy atom. The van der Waals surface area contributed by atoms with Gasteiger partial charge in [0.15, 0.2) is 0 Å². The lowest BCUT2D eigenvalue weighted by molar-refractivity contribution is -0.138. The topological polar surface area (TPSA) is 124 Å². The number of halogens is 1. The van der Waals surface area contributed by atoms with Crippen LogP contribution in [0.2, 0.25) is 0 Å². The lowest BCUT2D eigenvalue weighted by Crippen LogP contribution is -2.32. The fraction of sp³-hybridized carbons (Fsp3) is 0.267. The molecule has 0 radical (unpaired) electrons. The molecule has 0 saturated heterocycles. The van der Waals surface area contributed by atoms with E-state index in [9.17, 15) is 9.18 Å². The van der Waals surface area contributed by atoms with Crippen molar-refractivity contribution in [2.24, 2.45) is 5.73 Å². The molecule has 1 aromatic carbocycles. The fourth-order valence-corrected chi connectivity index (χ4v) is 1.96. The van der Waals surface area contributed by atoms with Crippen LogP contribution in [0.5, 0.6) is 5.88 Å².